The van der Waals surface area contributed by atoms with Crippen molar-refractivity contribution >= 4 is 90.9 Å². The number of hydrogen-bond acceptors (Lipinski definition) is 2. The predicted octanol–water partition coefficient (Wildman–Crippen LogP) is 8.60. The van der Waals surface area contributed by atoms with Crippen LogP contribution in [0.15, 0.2) is 192 Å². The van der Waals surface area contributed by atoms with Crippen LogP contribution in [0.2, 0.25) is 0 Å². The first-order valence-corrected chi connectivity index (χ1v) is 30.5. The second-order valence-electron chi connectivity index (χ2n) is 9.99. The summed E-state index contributed by atoms with van der Waals surface area (Å²) in [5.41, 5.74) is 0. The van der Waals surface area contributed by atoms with E-state index in [1.165, 1.54) is 20.4 Å². The maximum absolute atomic E-state index is 2.42. The minimum atomic E-state index is -1.58. The molecule has 0 aliphatic heterocycles. The molecule has 0 radical (unpaired) electrons. The van der Waals surface area contributed by atoms with Crippen LogP contribution in [0.4, 0.5) is 0 Å². The van der Waals surface area contributed by atoms with Gasteiger partial charge in [0.15, 0.2) is 0 Å². The van der Waals surface area contributed by atoms with Gasteiger partial charge in [0.05, 0.1) is 0 Å². The fraction of sp³-hybridized carbons (Fsp3) is 0.0270. The molecule has 0 heterocycles. The molecule has 0 aromatic heterocycles. The Labute approximate surface area is 285 Å². The summed E-state index contributed by atoms with van der Waals surface area (Å²) < 4.78 is 3.13. The van der Waals surface area contributed by atoms with Crippen molar-refractivity contribution in [1.82, 2.24) is 0 Å². The van der Waals surface area contributed by atoms with Gasteiger partial charge >= 0.3 is 288 Å². The van der Waals surface area contributed by atoms with Gasteiger partial charge in [0.2, 0.25) is 0 Å². The Hall–Kier alpha value is -1.65. The van der Waals surface area contributed by atoms with E-state index in [-0.39, 0.29) is 0 Å². The molecule has 6 aromatic carbocycles. The van der Waals surface area contributed by atoms with Crippen LogP contribution in [-0.2, 0) is 0 Å². The molecule has 6 aromatic rings. The van der Waals surface area contributed by atoms with Crippen molar-refractivity contribution in [2.45, 2.75) is 14.9 Å². The molecule has 0 bridgehead atoms. The summed E-state index contributed by atoms with van der Waals surface area (Å²) in [6.07, 6.45) is -1.58. The first-order valence-electron chi connectivity index (χ1n) is 14.6. The Morgan fingerprint density at radius 1 is 0.409 bits per heavy atom. The first-order chi connectivity index (χ1) is 21.8. The Morgan fingerprint density at radius 2 is 0.727 bits per heavy atom. The molecule has 0 aliphatic rings. The quantitative estimate of drug-likeness (QED) is 0.0850. The van der Waals surface area contributed by atoms with Crippen molar-refractivity contribution in [3.63, 3.8) is 0 Å². The van der Waals surface area contributed by atoms with Crippen molar-refractivity contribution in [2.24, 2.45) is 0 Å². The van der Waals surface area contributed by atoms with Crippen LogP contribution in [0.5, 0.6) is 0 Å². The van der Waals surface area contributed by atoms with Gasteiger partial charge in [-0.25, -0.2) is 0 Å². The molecule has 7 heteroatoms. The van der Waals surface area contributed by atoms with Crippen LogP contribution < -0.4 is 19.5 Å². The Morgan fingerprint density at radius 3 is 1.09 bits per heavy atom. The van der Waals surface area contributed by atoms with E-state index in [1.54, 1.807) is 8.92 Å². The van der Waals surface area contributed by atoms with Crippen molar-refractivity contribution in [3.05, 3.63) is 182 Å². The van der Waals surface area contributed by atoms with Crippen LogP contribution in [0, 0.1) is 0 Å². The van der Waals surface area contributed by atoms with E-state index in [9.17, 15) is 0 Å². The fourth-order valence-electron chi connectivity index (χ4n) is 4.90. The standard InChI is InChI=1S/C37H35P3S2Se2/c1-7-19-31(20-8-1)38(32-21-9-2-10-22-32)37(39(41-33-23-11-3-12-24-33)42-34-25-13-4-14-26-34)40(43-35-27-15-5-16-28-35)44-36-29-17-6-18-30-36/h1-30,37H,39-40H2. The second-order valence-corrected chi connectivity index (χ2v) is 40.3. The average molecular weight is 795 g/mol. The third-order valence-electron chi connectivity index (χ3n) is 6.91. The number of rotatable bonds is 13. The summed E-state index contributed by atoms with van der Waals surface area (Å²) in [4.78, 5) is 2.83. The molecule has 1 atom stereocenters. The van der Waals surface area contributed by atoms with Gasteiger partial charge in [0.25, 0.3) is 0 Å². The van der Waals surface area contributed by atoms with E-state index in [1.807, 2.05) is 0 Å². The van der Waals surface area contributed by atoms with Gasteiger partial charge in [-0.3, -0.25) is 0 Å². The molecule has 6 rings (SSSR count). The van der Waals surface area contributed by atoms with Crippen molar-refractivity contribution in [2.75, 3.05) is 0 Å². The first kappa shape index (κ1) is 32.3. The molecule has 0 nitrogen and oxygen atoms in total. The van der Waals surface area contributed by atoms with Crippen LogP contribution in [0.1, 0.15) is 0 Å². The third-order valence-corrected chi connectivity index (χ3v) is 52.1. The van der Waals surface area contributed by atoms with Crippen molar-refractivity contribution in [1.29, 1.82) is 0 Å². The molecule has 222 valence electrons. The molecule has 0 saturated heterocycles. The molecule has 0 fully saturated rings. The molecule has 0 saturated carbocycles. The Kier molecular flexibility index (Phi) is 12.7. The van der Waals surface area contributed by atoms with E-state index < -0.39 is 19.5 Å². The third kappa shape index (κ3) is 9.21. The van der Waals surface area contributed by atoms with E-state index in [2.05, 4.69) is 205 Å². The molecule has 44 heavy (non-hydrogen) atoms. The minimum absolute atomic E-state index is 0.464. The fourth-order valence-corrected chi connectivity index (χ4v) is 68.0. The zero-order chi connectivity index (χ0) is 29.8. The molecule has 0 aliphatic carbocycles. The van der Waals surface area contributed by atoms with Gasteiger partial charge < -0.3 is 0 Å². The van der Waals surface area contributed by atoms with Crippen LogP contribution >= 0.6 is 42.3 Å². The summed E-state index contributed by atoms with van der Waals surface area (Å²) in [6.45, 7) is 0. The van der Waals surface area contributed by atoms with Gasteiger partial charge in [-0.15, -0.1) is 0 Å². The van der Waals surface area contributed by atoms with Gasteiger partial charge in [-0.2, -0.15) is 0 Å². The molecule has 0 N–H and O–H groups in total. The van der Waals surface area contributed by atoms with E-state index in [4.69, 9.17) is 0 Å². The molecule has 1 unspecified atom stereocenters. The molecular formula is C37H35P3S2Se2. The normalized spacial score (nSPS) is 12.5. The van der Waals surface area contributed by atoms with E-state index in [0.29, 0.717) is 34.2 Å². The maximum atomic E-state index is 2.42. The summed E-state index contributed by atoms with van der Waals surface area (Å²) in [6, 6.07) is 68.5. The van der Waals surface area contributed by atoms with Crippen molar-refractivity contribution < 1.29 is 0 Å². The summed E-state index contributed by atoms with van der Waals surface area (Å²) in [5.74, 6) is 0. The molecule has 0 amide bonds. The van der Waals surface area contributed by atoms with Gasteiger partial charge in [0.1, 0.15) is 0 Å². The topological polar surface area (TPSA) is 0 Å². The summed E-state index contributed by atoms with van der Waals surface area (Å²) in [7, 11) is -0.565. The van der Waals surface area contributed by atoms with Crippen LogP contribution in [-0.4, -0.2) is 34.2 Å². The summed E-state index contributed by atoms with van der Waals surface area (Å²) >= 11 is 5.39. The average Bonchev–Trinajstić information content (AvgIpc) is 3.09. The Balaban J connectivity index is 1.55. The predicted molar refractivity (Wildman–Crippen MR) is 211 cm³/mol. The van der Waals surface area contributed by atoms with Crippen molar-refractivity contribution in [3.8, 4) is 0 Å². The van der Waals surface area contributed by atoms with E-state index in [0.717, 1.165) is 0 Å². The van der Waals surface area contributed by atoms with Crippen LogP contribution in [0.3, 0.4) is 0 Å². The monoisotopic (exact) mass is 796 g/mol. The molecule has 0 spiro atoms. The SMILES string of the molecule is c1ccc(S[PH2](Sc2ccccc2)C(P(c2ccccc2)c2ccccc2)[PH2]([Se]c2ccccc2)[Se]c2ccccc2)cc1. The van der Waals surface area contributed by atoms with Gasteiger partial charge in [-0.05, 0) is 0 Å². The van der Waals surface area contributed by atoms with E-state index >= 15 is 0 Å². The zero-order valence-corrected chi connectivity index (χ0v) is 32.4. The Bertz CT molecular complexity index is 1460. The molecular weight excluding hydrogens is 759 g/mol. The van der Waals surface area contributed by atoms with Gasteiger partial charge in [-0.1, -0.05) is 0 Å². The number of benzene rings is 6. The van der Waals surface area contributed by atoms with Gasteiger partial charge in [0, 0.05) is 0 Å². The second kappa shape index (κ2) is 17.3. The van der Waals surface area contributed by atoms with Crippen LogP contribution in [0.25, 0.3) is 0 Å². The number of hydrogen-bond donors (Lipinski definition) is 0. The summed E-state index contributed by atoms with van der Waals surface area (Å²) in [5, 5.41) is 2.40. The zero-order valence-electron chi connectivity index (χ0n) is 24.1.